The second-order valence-corrected chi connectivity index (χ2v) is 7.38. The molecule has 0 saturated carbocycles. The van der Waals surface area contributed by atoms with Crippen molar-refractivity contribution in [1.29, 1.82) is 0 Å². The lowest BCUT2D eigenvalue weighted by molar-refractivity contribution is -0.124. The molecule has 2 N–H and O–H groups in total. The van der Waals surface area contributed by atoms with Crippen LogP contribution < -0.4 is 10.6 Å². The molecule has 0 bridgehead atoms. The Hall–Kier alpha value is -1.66. The van der Waals surface area contributed by atoms with Gasteiger partial charge >= 0.3 is 0 Å². The first-order valence-electron chi connectivity index (χ1n) is 7.34. The summed E-state index contributed by atoms with van der Waals surface area (Å²) in [5, 5.41) is 7.54. The summed E-state index contributed by atoms with van der Waals surface area (Å²) in [4.78, 5) is 25.2. The van der Waals surface area contributed by atoms with E-state index >= 15 is 0 Å². The molecule has 2 amide bonds. The van der Waals surface area contributed by atoms with Gasteiger partial charge in [0.2, 0.25) is 5.91 Å². The topological polar surface area (TPSA) is 58.2 Å². The Kier molecular flexibility index (Phi) is 6.36. The van der Waals surface area contributed by atoms with E-state index in [1.54, 1.807) is 6.07 Å². The van der Waals surface area contributed by atoms with E-state index in [4.69, 9.17) is 0 Å². The Morgan fingerprint density at radius 1 is 1.22 bits per heavy atom. The summed E-state index contributed by atoms with van der Waals surface area (Å²) >= 11 is 4.77. The van der Waals surface area contributed by atoms with Crippen LogP contribution in [0.3, 0.4) is 0 Å². The smallest absolute Gasteiger partial charge is 0.262 e. The average molecular weight is 395 g/mol. The first-order chi connectivity index (χ1) is 11.0. The third-order valence-corrected chi connectivity index (χ3v) is 4.70. The minimum atomic E-state index is -0.559. The third-order valence-electron chi connectivity index (χ3n) is 3.34. The molecule has 2 aromatic rings. The molecule has 0 aliphatic carbocycles. The zero-order valence-corrected chi connectivity index (χ0v) is 15.4. The van der Waals surface area contributed by atoms with Gasteiger partial charge in [-0.15, -0.1) is 11.3 Å². The molecule has 1 aromatic carbocycles. The van der Waals surface area contributed by atoms with Crippen LogP contribution in [0, 0.1) is 5.92 Å². The van der Waals surface area contributed by atoms with Crippen LogP contribution in [0.15, 0.2) is 46.3 Å². The molecule has 1 aromatic heterocycles. The molecule has 0 spiro atoms. The summed E-state index contributed by atoms with van der Waals surface area (Å²) in [5.74, 6) is -0.386. The standard InChI is InChI=1S/C17H19BrN2O2S/c1-11(2)15(20-16(21)14-7-4-8-23-14)17(22)19-10-12-5-3-6-13(18)9-12/h3-9,11,15H,10H2,1-2H3,(H,19,22)(H,20,21). The molecule has 1 unspecified atom stereocenters. The minimum Gasteiger partial charge on any atom is -0.350 e. The number of hydrogen-bond donors (Lipinski definition) is 2. The van der Waals surface area contributed by atoms with Crippen LogP contribution in [0.5, 0.6) is 0 Å². The molecule has 0 saturated heterocycles. The van der Waals surface area contributed by atoms with Crippen molar-refractivity contribution in [3.05, 3.63) is 56.7 Å². The fourth-order valence-corrected chi connectivity index (χ4v) is 3.17. The minimum absolute atomic E-state index is 0.00132. The van der Waals surface area contributed by atoms with E-state index < -0.39 is 6.04 Å². The SMILES string of the molecule is CC(C)C(NC(=O)c1cccs1)C(=O)NCc1cccc(Br)c1. The van der Waals surface area contributed by atoms with Gasteiger partial charge in [0.15, 0.2) is 0 Å². The lowest BCUT2D eigenvalue weighted by Crippen LogP contribution is -2.49. The maximum Gasteiger partial charge on any atom is 0.262 e. The molecule has 2 rings (SSSR count). The fraction of sp³-hybridized carbons (Fsp3) is 0.294. The average Bonchev–Trinajstić information content (AvgIpc) is 3.04. The van der Waals surface area contributed by atoms with Gasteiger partial charge in [-0.25, -0.2) is 0 Å². The van der Waals surface area contributed by atoms with Crippen molar-refractivity contribution in [2.24, 2.45) is 5.92 Å². The van der Waals surface area contributed by atoms with Crippen LogP contribution >= 0.6 is 27.3 Å². The predicted octanol–water partition coefficient (Wildman–Crippen LogP) is 3.58. The van der Waals surface area contributed by atoms with Crippen LogP contribution in [-0.4, -0.2) is 17.9 Å². The zero-order chi connectivity index (χ0) is 16.8. The maximum atomic E-state index is 12.4. The van der Waals surface area contributed by atoms with E-state index in [1.807, 2.05) is 49.6 Å². The highest BCUT2D eigenvalue weighted by Gasteiger charge is 2.24. The van der Waals surface area contributed by atoms with E-state index in [1.165, 1.54) is 11.3 Å². The van der Waals surface area contributed by atoms with Crippen molar-refractivity contribution in [3.8, 4) is 0 Å². The maximum absolute atomic E-state index is 12.4. The Bertz CT molecular complexity index is 671. The van der Waals surface area contributed by atoms with Gasteiger partial charge < -0.3 is 10.6 Å². The number of hydrogen-bond acceptors (Lipinski definition) is 3. The fourth-order valence-electron chi connectivity index (χ4n) is 2.10. The molecule has 0 fully saturated rings. The summed E-state index contributed by atoms with van der Waals surface area (Å²) in [6.07, 6.45) is 0. The Morgan fingerprint density at radius 2 is 2.00 bits per heavy atom. The molecule has 0 aliphatic heterocycles. The van der Waals surface area contributed by atoms with Crippen molar-refractivity contribution in [2.75, 3.05) is 0 Å². The first kappa shape index (κ1) is 17.7. The van der Waals surface area contributed by atoms with Crippen molar-refractivity contribution >= 4 is 39.1 Å². The van der Waals surface area contributed by atoms with E-state index in [0.717, 1.165) is 10.0 Å². The summed E-state index contributed by atoms with van der Waals surface area (Å²) in [5.41, 5.74) is 1.000. The summed E-state index contributed by atoms with van der Waals surface area (Å²) < 4.78 is 0.968. The van der Waals surface area contributed by atoms with Gasteiger partial charge in [0, 0.05) is 11.0 Å². The van der Waals surface area contributed by atoms with E-state index in [9.17, 15) is 9.59 Å². The van der Waals surface area contributed by atoms with Crippen LogP contribution in [0.4, 0.5) is 0 Å². The van der Waals surface area contributed by atoms with Gasteiger partial charge in [-0.05, 0) is 35.1 Å². The van der Waals surface area contributed by atoms with Crippen LogP contribution in [0.1, 0.15) is 29.1 Å². The number of benzene rings is 1. The number of rotatable bonds is 6. The second kappa shape index (κ2) is 8.26. The number of nitrogens with one attached hydrogen (secondary N) is 2. The van der Waals surface area contributed by atoms with Crippen molar-refractivity contribution in [1.82, 2.24) is 10.6 Å². The number of thiophene rings is 1. The van der Waals surface area contributed by atoms with Gasteiger partial charge in [-0.2, -0.15) is 0 Å². The first-order valence-corrected chi connectivity index (χ1v) is 9.01. The van der Waals surface area contributed by atoms with Gasteiger partial charge in [0.05, 0.1) is 4.88 Å². The largest absolute Gasteiger partial charge is 0.350 e. The molecule has 1 heterocycles. The van der Waals surface area contributed by atoms with E-state index in [0.29, 0.717) is 11.4 Å². The van der Waals surface area contributed by atoms with Crippen LogP contribution in [-0.2, 0) is 11.3 Å². The highest BCUT2D eigenvalue weighted by atomic mass is 79.9. The number of carbonyl (C=O) groups is 2. The Morgan fingerprint density at radius 3 is 2.61 bits per heavy atom. The molecule has 122 valence electrons. The molecule has 0 radical (unpaired) electrons. The quantitative estimate of drug-likeness (QED) is 0.786. The highest BCUT2D eigenvalue weighted by molar-refractivity contribution is 9.10. The van der Waals surface area contributed by atoms with E-state index in [-0.39, 0.29) is 17.7 Å². The van der Waals surface area contributed by atoms with Gasteiger partial charge in [-0.3, -0.25) is 9.59 Å². The zero-order valence-electron chi connectivity index (χ0n) is 13.0. The van der Waals surface area contributed by atoms with Gasteiger partial charge in [0.1, 0.15) is 6.04 Å². The predicted molar refractivity (Wildman–Crippen MR) is 96.4 cm³/mol. The lowest BCUT2D eigenvalue weighted by atomic mass is 10.0. The second-order valence-electron chi connectivity index (χ2n) is 5.52. The van der Waals surface area contributed by atoms with E-state index in [2.05, 4.69) is 26.6 Å². The molecular formula is C17H19BrN2O2S. The third kappa shape index (κ3) is 5.18. The molecule has 4 nitrogen and oxygen atoms in total. The van der Waals surface area contributed by atoms with Crippen molar-refractivity contribution < 1.29 is 9.59 Å². The van der Waals surface area contributed by atoms with Gasteiger partial charge in [0.25, 0.3) is 5.91 Å². The Labute approximate surface area is 148 Å². The number of carbonyl (C=O) groups excluding carboxylic acids is 2. The van der Waals surface area contributed by atoms with Crippen LogP contribution in [0.25, 0.3) is 0 Å². The molecule has 1 atom stereocenters. The summed E-state index contributed by atoms with van der Waals surface area (Å²) in [6.45, 7) is 4.26. The highest BCUT2D eigenvalue weighted by Crippen LogP contribution is 2.12. The molecule has 6 heteroatoms. The molecular weight excluding hydrogens is 376 g/mol. The Balaban J connectivity index is 1.97. The van der Waals surface area contributed by atoms with Crippen LogP contribution in [0.2, 0.25) is 0 Å². The molecule has 23 heavy (non-hydrogen) atoms. The van der Waals surface area contributed by atoms with Gasteiger partial charge in [-0.1, -0.05) is 48.0 Å². The normalized spacial score (nSPS) is 12.0. The van der Waals surface area contributed by atoms with Crippen molar-refractivity contribution in [3.63, 3.8) is 0 Å². The summed E-state index contributed by atoms with van der Waals surface area (Å²) in [6, 6.07) is 10.8. The summed E-state index contributed by atoms with van der Waals surface area (Å²) in [7, 11) is 0. The lowest BCUT2D eigenvalue weighted by Gasteiger charge is -2.21. The van der Waals surface area contributed by atoms with Crippen molar-refractivity contribution in [2.45, 2.75) is 26.4 Å². The number of amides is 2. The monoisotopic (exact) mass is 394 g/mol. The number of halogens is 1. The molecule has 0 aliphatic rings.